The van der Waals surface area contributed by atoms with Crippen LogP contribution in [0.25, 0.3) is 0 Å². The summed E-state index contributed by atoms with van der Waals surface area (Å²) >= 11 is 0. The van der Waals surface area contributed by atoms with Crippen LogP contribution in [0.1, 0.15) is 13.3 Å². The third-order valence-electron chi connectivity index (χ3n) is 1.11. The Morgan fingerprint density at radius 2 is 2.33 bits per heavy atom. The number of hydrogen-bond acceptors (Lipinski definition) is 2. The van der Waals surface area contributed by atoms with Crippen LogP contribution in [0, 0.1) is 0 Å². The molecule has 0 N–H and O–H groups in total. The first kappa shape index (κ1) is 8.37. The highest BCUT2D eigenvalue weighted by Crippen LogP contribution is 1.95. The molecule has 0 bridgehead atoms. The summed E-state index contributed by atoms with van der Waals surface area (Å²) in [5, 5.41) is 0. The highest BCUT2D eigenvalue weighted by atomic mass is 16.5. The molecule has 2 nitrogen and oxygen atoms in total. The van der Waals surface area contributed by atoms with Gasteiger partial charge >= 0.3 is 0 Å². The molecule has 0 amide bonds. The summed E-state index contributed by atoms with van der Waals surface area (Å²) in [6.07, 6.45) is 4.95. The zero-order valence-corrected chi connectivity index (χ0v) is 5.83. The van der Waals surface area contributed by atoms with Crippen LogP contribution in [-0.4, -0.2) is 19.5 Å². The first-order valence-electron chi connectivity index (χ1n) is 3.00. The molecule has 9 heavy (non-hydrogen) atoms. The van der Waals surface area contributed by atoms with Crippen molar-refractivity contribution >= 4 is 6.29 Å². The smallest absolute Gasteiger partial charge is 0.142 e. The average Bonchev–Trinajstić information content (AvgIpc) is 1.91. The maximum atomic E-state index is 9.80. The van der Waals surface area contributed by atoms with E-state index in [4.69, 9.17) is 4.74 Å². The number of allylic oxidation sites excluding steroid dienone is 1. The largest absolute Gasteiger partial charge is 0.377 e. The lowest BCUT2D eigenvalue weighted by Gasteiger charge is -2.04. The van der Waals surface area contributed by atoms with Crippen molar-refractivity contribution in [2.75, 3.05) is 7.11 Å². The highest BCUT2D eigenvalue weighted by molar-refractivity contribution is 5.64. The number of carbonyl (C=O) groups is 1. The van der Waals surface area contributed by atoms with Crippen molar-refractivity contribution < 1.29 is 9.53 Å². The van der Waals surface area contributed by atoms with Gasteiger partial charge in [-0.3, -0.25) is 4.79 Å². The van der Waals surface area contributed by atoms with Gasteiger partial charge in [0, 0.05) is 7.11 Å². The lowest BCUT2D eigenvalue weighted by Crippen LogP contribution is -2.03. The van der Waals surface area contributed by atoms with Gasteiger partial charge in [-0.2, -0.15) is 0 Å². The van der Waals surface area contributed by atoms with Gasteiger partial charge in [0.1, 0.15) is 6.29 Å². The Hall–Kier alpha value is -0.630. The van der Waals surface area contributed by atoms with Crippen LogP contribution < -0.4 is 0 Å². The molecule has 0 saturated heterocycles. The van der Waals surface area contributed by atoms with Gasteiger partial charge in [0.25, 0.3) is 0 Å². The molecule has 0 aliphatic heterocycles. The Bertz CT molecular complexity index is 93.1. The van der Waals surface area contributed by atoms with E-state index in [2.05, 4.69) is 0 Å². The topological polar surface area (TPSA) is 26.3 Å². The van der Waals surface area contributed by atoms with Gasteiger partial charge in [0.05, 0.1) is 6.10 Å². The molecule has 1 atom stereocenters. The standard InChI is InChI=1S/C7H12O2/c1-3-7(9-2)5-4-6-8/h4-7H,3H2,1-2H3/b5-4+/t7-/m0/s1. The monoisotopic (exact) mass is 128 g/mol. The van der Waals surface area contributed by atoms with Crippen molar-refractivity contribution in [2.45, 2.75) is 19.4 Å². The van der Waals surface area contributed by atoms with Crippen LogP contribution in [0.4, 0.5) is 0 Å². The first-order chi connectivity index (χ1) is 4.35. The predicted molar refractivity (Wildman–Crippen MR) is 36.3 cm³/mol. The predicted octanol–water partition coefficient (Wildman–Crippen LogP) is 1.17. The van der Waals surface area contributed by atoms with Gasteiger partial charge in [0.15, 0.2) is 0 Å². The van der Waals surface area contributed by atoms with Crippen LogP contribution in [0.3, 0.4) is 0 Å². The van der Waals surface area contributed by atoms with E-state index in [1.54, 1.807) is 13.2 Å². The van der Waals surface area contributed by atoms with Crippen LogP contribution >= 0.6 is 0 Å². The zero-order valence-electron chi connectivity index (χ0n) is 5.83. The third-order valence-corrected chi connectivity index (χ3v) is 1.11. The summed E-state index contributed by atoms with van der Waals surface area (Å²) in [4.78, 5) is 9.80. The van der Waals surface area contributed by atoms with Crippen molar-refractivity contribution in [3.8, 4) is 0 Å². The van der Waals surface area contributed by atoms with Crippen molar-refractivity contribution in [3.63, 3.8) is 0 Å². The molecule has 2 heteroatoms. The van der Waals surface area contributed by atoms with Gasteiger partial charge in [-0.15, -0.1) is 0 Å². The molecule has 0 aromatic carbocycles. The molecular formula is C7H12O2. The molecular weight excluding hydrogens is 116 g/mol. The second-order valence-corrected chi connectivity index (χ2v) is 1.70. The Morgan fingerprint density at radius 3 is 2.67 bits per heavy atom. The van der Waals surface area contributed by atoms with Crippen molar-refractivity contribution in [1.82, 2.24) is 0 Å². The Morgan fingerprint density at radius 1 is 1.67 bits per heavy atom. The molecule has 0 saturated carbocycles. The molecule has 0 radical (unpaired) electrons. The maximum absolute atomic E-state index is 9.80. The fourth-order valence-corrected chi connectivity index (χ4v) is 0.551. The van der Waals surface area contributed by atoms with Crippen LogP contribution in [0.5, 0.6) is 0 Å². The maximum Gasteiger partial charge on any atom is 0.142 e. The van der Waals surface area contributed by atoms with E-state index in [9.17, 15) is 4.79 Å². The summed E-state index contributed by atoms with van der Waals surface area (Å²) in [6.45, 7) is 2.00. The first-order valence-corrected chi connectivity index (χ1v) is 3.00. The minimum Gasteiger partial charge on any atom is -0.377 e. The lowest BCUT2D eigenvalue weighted by molar-refractivity contribution is -0.104. The normalized spacial score (nSPS) is 14.0. The Balaban J connectivity index is 3.53. The fraction of sp³-hybridized carbons (Fsp3) is 0.571. The van der Waals surface area contributed by atoms with Gasteiger partial charge in [0.2, 0.25) is 0 Å². The van der Waals surface area contributed by atoms with E-state index in [0.717, 1.165) is 12.7 Å². The van der Waals surface area contributed by atoms with E-state index in [-0.39, 0.29) is 6.10 Å². The quantitative estimate of drug-likeness (QED) is 0.419. The molecule has 0 fully saturated rings. The molecule has 0 aromatic rings. The second kappa shape index (κ2) is 5.51. The van der Waals surface area contributed by atoms with Crippen molar-refractivity contribution in [3.05, 3.63) is 12.2 Å². The molecule has 52 valence electrons. The minimum absolute atomic E-state index is 0.0928. The lowest BCUT2D eigenvalue weighted by atomic mass is 10.2. The fourth-order valence-electron chi connectivity index (χ4n) is 0.551. The molecule has 0 spiro atoms. The number of hydrogen-bond donors (Lipinski definition) is 0. The summed E-state index contributed by atoms with van der Waals surface area (Å²) < 4.78 is 4.96. The van der Waals surface area contributed by atoms with Gasteiger partial charge in [-0.25, -0.2) is 0 Å². The number of aldehydes is 1. The van der Waals surface area contributed by atoms with Crippen LogP contribution in [0.15, 0.2) is 12.2 Å². The summed E-state index contributed by atoms with van der Waals surface area (Å²) in [5.74, 6) is 0. The molecule has 0 unspecified atom stereocenters. The van der Waals surface area contributed by atoms with Crippen molar-refractivity contribution in [2.24, 2.45) is 0 Å². The van der Waals surface area contributed by atoms with Gasteiger partial charge in [-0.1, -0.05) is 13.0 Å². The number of carbonyl (C=O) groups excluding carboxylic acids is 1. The zero-order chi connectivity index (χ0) is 7.11. The van der Waals surface area contributed by atoms with Crippen LogP contribution in [0.2, 0.25) is 0 Å². The number of ether oxygens (including phenoxy) is 1. The van der Waals surface area contributed by atoms with E-state index in [0.29, 0.717) is 0 Å². The molecule has 0 aliphatic rings. The molecule has 0 aliphatic carbocycles. The third kappa shape index (κ3) is 3.91. The van der Waals surface area contributed by atoms with Gasteiger partial charge < -0.3 is 4.74 Å². The van der Waals surface area contributed by atoms with Gasteiger partial charge in [-0.05, 0) is 12.5 Å². The Kier molecular flexibility index (Phi) is 5.12. The van der Waals surface area contributed by atoms with Crippen molar-refractivity contribution in [1.29, 1.82) is 0 Å². The summed E-state index contributed by atoms with van der Waals surface area (Å²) in [6, 6.07) is 0. The molecule has 0 rings (SSSR count). The van der Waals surface area contributed by atoms with E-state index in [1.165, 1.54) is 6.08 Å². The van der Waals surface area contributed by atoms with Crippen LogP contribution in [-0.2, 0) is 9.53 Å². The minimum atomic E-state index is 0.0928. The SMILES string of the molecule is CC[C@@H](/C=C/C=O)OC. The summed E-state index contributed by atoms with van der Waals surface area (Å²) in [7, 11) is 1.63. The summed E-state index contributed by atoms with van der Waals surface area (Å²) in [5.41, 5.74) is 0. The number of methoxy groups -OCH3 is 1. The highest BCUT2D eigenvalue weighted by Gasteiger charge is 1.94. The Labute approximate surface area is 55.5 Å². The van der Waals surface area contributed by atoms with E-state index in [1.807, 2.05) is 6.92 Å². The average molecular weight is 128 g/mol. The van der Waals surface area contributed by atoms with E-state index < -0.39 is 0 Å². The molecule has 0 aromatic heterocycles. The number of rotatable bonds is 4. The molecule has 0 heterocycles. The second-order valence-electron chi connectivity index (χ2n) is 1.70. The van der Waals surface area contributed by atoms with E-state index >= 15 is 0 Å².